The number of imide groups is 1. The van der Waals surface area contributed by atoms with Crippen molar-refractivity contribution >= 4 is 29.2 Å². The number of rotatable bonds is 3. The Labute approximate surface area is 187 Å². The van der Waals surface area contributed by atoms with E-state index in [9.17, 15) is 9.59 Å². The van der Waals surface area contributed by atoms with Gasteiger partial charge in [-0.3, -0.25) is 9.69 Å². The van der Waals surface area contributed by atoms with Gasteiger partial charge < -0.3 is 10.2 Å². The van der Waals surface area contributed by atoms with Crippen LogP contribution in [-0.2, 0) is 17.6 Å². The first-order valence-corrected chi connectivity index (χ1v) is 11.3. The molecule has 2 aliphatic heterocycles. The van der Waals surface area contributed by atoms with Crippen molar-refractivity contribution in [3.63, 3.8) is 0 Å². The average Bonchev–Trinajstić information content (AvgIpc) is 3.00. The Kier molecular flexibility index (Phi) is 5.15. The van der Waals surface area contributed by atoms with Gasteiger partial charge >= 0.3 is 6.03 Å². The molecule has 7 heteroatoms. The first-order chi connectivity index (χ1) is 14.9. The molecule has 0 radical (unpaired) electrons. The molecule has 1 unspecified atom stereocenters. The predicted octanol–water partition coefficient (Wildman–Crippen LogP) is 3.21. The van der Waals surface area contributed by atoms with Crippen molar-refractivity contribution in [2.75, 3.05) is 37.7 Å². The van der Waals surface area contributed by atoms with Crippen LogP contribution in [0.4, 0.5) is 10.5 Å². The number of hydrogen-bond donors (Lipinski definition) is 1. The zero-order valence-electron chi connectivity index (χ0n) is 17.7. The third-order valence-electron chi connectivity index (χ3n) is 6.90. The maximum absolute atomic E-state index is 13.3. The predicted molar refractivity (Wildman–Crippen MR) is 121 cm³/mol. The summed E-state index contributed by atoms with van der Waals surface area (Å²) < 4.78 is 0. The Morgan fingerprint density at radius 2 is 1.77 bits per heavy atom. The monoisotopic (exact) mass is 438 g/mol. The topological polar surface area (TPSA) is 55.9 Å². The van der Waals surface area contributed by atoms with Gasteiger partial charge in [-0.2, -0.15) is 0 Å². The van der Waals surface area contributed by atoms with Crippen molar-refractivity contribution in [3.05, 3.63) is 64.2 Å². The van der Waals surface area contributed by atoms with Crippen LogP contribution in [0.2, 0.25) is 5.02 Å². The summed E-state index contributed by atoms with van der Waals surface area (Å²) in [6.07, 6.45) is 2.05. The molecule has 5 rings (SSSR count). The molecular formula is C24H27ClN4O2. The highest BCUT2D eigenvalue weighted by Gasteiger charge is 2.52. The number of nitrogens with zero attached hydrogens (tertiary/aromatic N) is 3. The SMILES string of the molecule is Cc1ccc(Cl)cc1N1CCN(CN2C(=O)NC3(CCc4ccccc4C3)C2=O)CC1. The molecule has 0 bridgehead atoms. The lowest BCUT2D eigenvalue weighted by atomic mass is 9.78. The minimum absolute atomic E-state index is 0.0832. The van der Waals surface area contributed by atoms with Crippen molar-refractivity contribution in [2.45, 2.75) is 31.7 Å². The zero-order chi connectivity index (χ0) is 21.6. The Bertz CT molecular complexity index is 1030. The van der Waals surface area contributed by atoms with E-state index in [2.05, 4.69) is 34.2 Å². The Balaban J connectivity index is 1.24. The number of amides is 3. The van der Waals surface area contributed by atoms with Gasteiger partial charge in [-0.25, -0.2) is 9.69 Å². The van der Waals surface area contributed by atoms with Gasteiger partial charge in [0, 0.05) is 43.3 Å². The molecule has 162 valence electrons. The normalized spacial score (nSPS) is 23.9. The van der Waals surface area contributed by atoms with Crippen LogP contribution in [0.25, 0.3) is 0 Å². The van der Waals surface area contributed by atoms with E-state index in [0.717, 1.165) is 48.9 Å². The molecule has 3 aliphatic rings. The third-order valence-corrected chi connectivity index (χ3v) is 7.14. The lowest BCUT2D eigenvalue weighted by Crippen LogP contribution is -2.53. The fraction of sp³-hybridized carbons (Fsp3) is 0.417. The lowest BCUT2D eigenvalue weighted by molar-refractivity contribution is -0.133. The van der Waals surface area contributed by atoms with Crippen molar-refractivity contribution < 1.29 is 9.59 Å². The summed E-state index contributed by atoms with van der Waals surface area (Å²) >= 11 is 6.19. The van der Waals surface area contributed by atoms with E-state index >= 15 is 0 Å². The minimum atomic E-state index is -0.787. The Hall–Kier alpha value is -2.57. The molecule has 0 saturated carbocycles. The second-order valence-corrected chi connectivity index (χ2v) is 9.30. The largest absolute Gasteiger partial charge is 0.369 e. The van der Waals surface area contributed by atoms with Crippen LogP contribution in [0.15, 0.2) is 42.5 Å². The summed E-state index contributed by atoms with van der Waals surface area (Å²) in [6, 6.07) is 13.9. The molecule has 2 heterocycles. The minimum Gasteiger partial charge on any atom is -0.369 e. The highest BCUT2D eigenvalue weighted by molar-refractivity contribution is 6.30. The van der Waals surface area contributed by atoms with E-state index < -0.39 is 5.54 Å². The zero-order valence-corrected chi connectivity index (χ0v) is 18.5. The molecule has 1 N–H and O–H groups in total. The van der Waals surface area contributed by atoms with Gasteiger partial charge in [0.15, 0.2) is 0 Å². The lowest BCUT2D eigenvalue weighted by Gasteiger charge is -2.38. The summed E-state index contributed by atoms with van der Waals surface area (Å²) in [4.78, 5) is 32.0. The summed E-state index contributed by atoms with van der Waals surface area (Å²) in [5.74, 6) is -0.0832. The number of carbonyl (C=O) groups excluding carboxylic acids is 2. The van der Waals surface area contributed by atoms with Crippen LogP contribution in [0.5, 0.6) is 0 Å². The first-order valence-electron chi connectivity index (χ1n) is 10.9. The van der Waals surface area contributed by atoms with Gasteiger partial charge in [0.25, 0.3) is 5.91 Å². The van der Waals surface area contributed by atoms with Crippen LogP contribution < -0.4 is 10.2 Å². The van der Waals surface area contributed by atoms with E-state index in [4.69, 9.17) is 11.6 Å². The van der Waals surface area contributed by atoms with Crippen LogP contribution in [0.3, 0.4) is 0 Å². The molecule has 31 heavy (non-hydrogen) atoms. The number of hydrogen-bond acceptors (Lipinski definition) is 4. The number of halogens is 1. The smallest absolute Gasteiger partial charge is 0.326 e. The van der Waals surface area contributed by atoms with Gasteiger partial charge in [0.05, 0.1) is 6.67 Å². The number of aryl methyl sites for hydroxylation is 2. The van der Waals surface area contributed by atoms with Crippen molar-refractivity contribution in [3.8, 4) is 0 Å². The van der Waals surface area contributed by atoms with Crippen LogP contribution in [0, 0.1) is 6.92 Å². The van der Waals surface area contributed by atoms with Crippen molar-refractivity contribution in [2.24, 2.45) is 0 Å². The highest BCUT2D eigenvalue weighted by atomic mass is 35.5. The average molecular weight is 439 g/mol. The first kappa shape index (κ1) is 20.3. The number of anilines is 1. The van der Waals surface area contributed by atoms with E-state index in [1.165, 1.54) is 16.0 Å². The quantitative estimate of drug-likeness (QED) is 0.748. The highest BCUT2D eigenvalue weighted by Crippen LogP contribution is 2.34. The molecular weight excluding hydrogens is 412 g/mol. The number of nitrogens with one attached hydrogen (secondary N) is 1. The number of benzene rings is 2. The summed E-state index contributed by atoms with van der Waals surface area (Å²) in [5, 5.41) is 3.77. The van der Waals surface area contributed by atoms with E-state index in [1.807, 2.05) is 30.3 Å². The fourth-order valence-corrected chi connectivity index (χ4v) is 5.25. The molecule has 2 aromatic carbocycles. The number of urea groups is 1. The number of carbonyl (C=O) groups is 2. The Morgan fingerprint density at radius 1 is 1.03 bits per heavy atom. The van der Waals surface area contributed by atoms with Crippen molar-refractivity contribution in [1.29, 1.82) is 0 Å². The molecule has 1 atom stereocenters. The number of piperazine rings is 1. The third kappa shape index (κ3) is 3.68. The standard InChI is InChI=1S/C24H27ClN4O2/c1-17-6-7-20(25)14-21(17)28-12-10-27(11-13-28)16-29-22(30)24(26-23(29)31)9-8-18-4-2-3-5-19(18)15-24/h2-7,14H,8-13,15-16H2,1H3,(H,26,31). The number of fused-ring (bicyclic) bond motifs is 1. The summed E-state index contributed by atoms with van der Waals surface area (Å²) in [5.41, 5.74) is 4.01. The fourth-order valence-electron chi connectivity index (χ4n) is 5.08. The second kappa shape index (κ2) is 7.84. The van der Waals surface area contributed by atoms with Gasteiger partial charge in [0.1, 0.15) is 5.54 Å². The van der Waals surface area contributed by atoms with E-state index in [1.54, 1.807) is 0 Å². The van der Waals surface area contributed by atoms with E-state index in [0.29, 0.717) is 19.5 Å². The molecule has 6 nitrogen and oxygen atoms in total. The molecule has 2 saturated heterocycles. The second-order valence-electron chi connectivity index (χ2n) is 8.87. The molecule has 2 aromatic rings. The molecule has 1 spiro atoms. The molecule has 3 amide bonds. The molecule has 0 aromatic heterocycles. The maximum Gasteiger partial charge on any atom is 0.326 e. The van der Waals surface area contributed by atoms with Gasteiger partial charge in [0.2, 0.25) is 0 Å². The molecule has 2 fully saturated rings. The summed E-state index contributed by atoms with van der Waals surface area (Å²) in [7, 11) is 0. The summed E-state index contributed by atoms with van der Waals surface area (Å²) in [6.45, 7) is 5.69. The van der Waals surface area contributed by atoms with Gasteiger partial charge in [-0.1, -0.05) is 41.9 Å². The molecule has 1 aliphatic carbocycles. The van der Waals surface area contributed by atoms with Crippen LogP contribution in [-0.4, -0.2) is 60.1 Å². The van der Waals surface area contributed by atoms with E-state index in [-0.39, 0.29) is 11.9 Å². The Morgan fingerprint density at radius 3 is 2.55 bits per heavy atom. The van der Waals surface area contributed by atoms with Crippen LogP contribution >= 0.6 is 11.6 Å². The van der Waals surface area contributed by atoms with Gasteiger partial charge in [-0.05, 0) is 48.6 Å². The van der Waals surface area contributed by atoms with Crippen molar-refractivity contribution in [1.82, 2.24) is 15.1 Å². The van der Waals surface area contributed by atoms with Crippen LogP contribution in [0.1, 0.15) is 23.1 Å². The van der Waals surface area contributed by atoms with Gasteiger partial charge in [-0.15, -0.1) is 0 Å². The maximum atomic E-state index is 13.3.